The van der Waals surface area contributed by atoms with E-state index in [4.69, 9.17) is 0 Å². The Morgan fingerprint density at radius 2 is 1.83 bits per heavy atom. The van der Waals surface area contributed by atoms with Crippen LogP contribution in [0.4, 0.5) is 0 Å². The number of carbonyl (C=O) groups excluding carboxylic acids is 2. The number of aryl methyl sites for hydroxylation is 1. The number of benzene rings is 1. The number of hydrogen-bond donors (Lipinski definition) is 0. The third-order valence-electron chi connectivity index (χ3n) is 4.89. The van der Waals surface area contributed by atoms with Crippen LogP contribution in [-0.4, -0.2) is 34.7 Å². The first kappa shape index (κ1) is 16.5. The van der Waals surface area contributed by atoms with E-state index in [2.05, 4.69) is 24.3 Å². The summed E-state index contributed by atoms with van der Waals surface area (Å²) in [7, 11) is 0. The van der Waals surface area contributed by atoms with Crippen LogP contribution < -0.4 is 0 Å². The Hall–Kier alpha value is -2.36. The van der Waals surface area contributed by atoms with Gasteiger partial charge in [-0.05, 0) is 42.9 Å². The first-order valence-corrected chi connectivity index (χ1v) is 8.68. The molecule has 0 spiro atoms. The third kappa shape index (κ3) is 4.13. The van der Waals surface area contributed by atoms with Crippen LogP contribution in [0.25, 0.3) is 0 Å². The van der Waals surface area contributed by atoms with Crippen molar-refractivity contribution in [1.82, 2.24) is 9.47 Å². The van der Waals surface area contributed by atoms with Gasteiger partial charge < -0.3 is 9.47 Å². The van der Waals surface area contributed by atoms with Gasteiger partial charge in [0.2, 0.25) is 5.91 Å². The zero-order chi connectivity index (χ0) is 16.8. The third-order valence-corrected chi connectivity index (χ3v) is 4.89. The Bertz CT molecular complexity index is 670. The van der Waals surface area contributed by atoms with Crippen LogP contribution in [0.2, 0.25) is 0 Å². The molecule has 0 N–H and O–H groups in total. The monoisotopic (exact) mass is 324 g/mol. The zero-order valence-corrected chi connectivity index (χ0v) is 13.9. The molecule has 1 saturated heterocycles. The van der Waals surface area contributed by atoms with Crippen molar-refractivity contribution in [2.75, 3.05) is 13.1 Å². The minimum Gasteiger partial charge on any atom is -0.345 e. The molecule has 1 aromatic carbocycles. The molecule has 1 aliphatic rings. The number of aromatic nitrogens is 1. The molecule has 0 radical (unpaired) electrons. The highest BCUT2D eigenvalue weighted by Gasteiger charge is 2.22. The molecule has 1 aromatic heterocycles. The Labute approximate surface area is 143 Å². The summed E-state index contributed by atoms with van der Waals surface area (Å²) >= 11 is 0. The van der Waals surface area contributed by atoms with Gasteiger partial charge in [0.05, 0.1) is 5.69 Å². The minimum absolute atomic E-state index is 0.193. The molecule has 0 saturated carbocycles. The standard InChI is InChI=1S/C20H24N2O2/c23-16-19-7-4-11-21(19)14-10-20(24)22-12-8-18(9-13-22)15-17-5-2-1-3-6-17/h1-7,11,16,18H,8-10,12-15H2. The van der Waals surface area contributed by atoms with E-state index in [0.29, 0.717) is 24.6 Å². The van der Waals surface area contributed by atoms with E-state index in [-0.39, 0.29) is 5.91 Å². The van der Waals surface area contributed by atoms with Gasteiger partial charge in [-0.25, -0.2) is 0 Å². The lowest BCUT2D eigenvalue weighted by atomic mass is 9.90. The summed E-state index contributed by atoms with van der Waals surface area (Å²) in [6.45, 7) is 2.27. The predicted molar refractivity (Wildman–Crippen MR) is 93.9 cm³/mol. The lowest BCUT2D eigenvalue weighted by Gasteiger charge is -2.32. The van der Waals surface area contributed by atoms with Crippen molar-refractivity contribution in [3.05, 3.63) is 59.9 Å². The number of nitrogens with zero attached hydrogens (tertiary/aromatic N) is 2. The lowest BCUT2D eigenvalue weighted by molar-refractivity contribution is -0.132. The Kier molecular flexibility index (Phi) is 5.47. The topological polar surface area (TPSA) is 42.3 Å². The normalized spacial score (nSPS) is 15.4. The van der Waals surface area contributed by atoms with Crippen LogP contribution >= 0.6 is 0 Å². The molecule has 1 fully saturated rings. The zero-order valence-electron chi connectivity index (χ0n) is 13.9. The van der Waals surface area contributed by atoms with E-state index in [1.807, 2.05) is 27.8 Å². The average Bonchev–Trinajstić information content (AvgIpc) is 3.09. The fourth-order valence-corrected chi connectivity index (χ4v) is 3.45. The minimum atomic E-state index is 0.193. The van der Waals surface area contributed by atoms with Crippen molar-refractivity contribution in [1.29, 1.82) is 0 Å². The summed E-state index contributed by atoms with van der Waals surface area (Å²) in [4.78, 5) is 25.3. The SMILES string of the molecule is O=Cc1cccn1CCC(=O)N1CCC(Cc2ccccc2)CC1. The molecule has 2 heterocycles. The molecule has 0 bridgehead atoms. The molecule has 0 aliphatic carbocycles. The lowest BCUT2D eigenvalue weighted by Crippen LogP contribution is -2.39. The quantitative estimate of drug-likeness (QED) is 0.766. The van der Waals surface area contributed by atoms with Gasteiger partial charge in [-0.15, -0.1) is 0 Å². The Morgan fingerprint density at radius 3 is 2.54 bits per heavy atom. The van der Waals surface area contributed by atoms with Crippen LogP contribution in [0.3, 0.4) is 0 Å². The maximum Gasteiger partial charge on any atom is 0.224 e. The largest absolute Gasteiger partial charge is 0.345 e. The number of aldehydes is 1. The van der Waals surface area contributed by atoms with Crippen molar-refractivity contribution >= 4 is 12.2 Å². The van der Waals surface area contributed by atoms with Crippen molar-refractivity contribution in [2.45, 2.75) is 32.2 Å². The van der Waals surface area contributed by atoms with Crippen molar-refractivity contribution in [3.8, 4) is 0 Å². The second-order valence-corrected chi connectivity index (χ2v) is 6.51. The summed E-state index contributed by atoms with van der Waals surface area (Å²) in [6.07, 6.45) is 6.39. The summed E-state index contributed by atoms with van der Waals surface area (Å²) in [5.74, 6) is 0.862. The number of likely N-dealkylation sites (tertiary alicyclic amines) is 1. The van der Waals surface area contributed by atoms with Crippen LogP contribution in [0.15, 0.2) is 48.7 Å². The summed E-state index contributed by atoms with van der Waals surface area (Å²) in [5, 5.41) is 0. The smallest absolute Gasteiger partial charge is 0.224 e. The highest BCUT2D eigenvalue weighted by Crippen LogP contribution is 2.22. The van der Waals surface area contributed by atoms with Crippen molar-refractivity contribution in [3.63, 3.8) is 0 Å². The van der Waals surface area contributed by atoms with Crippen molar-refractivity contribution in [2.24, 2.45) is 5.92 Å². The molecule has 24 heavy (non-hydrogen) atoms. The van der Waals surface area contributed by atoms with Crippen LogP contribution in [-0.2, 0) is 17.8 Å². The fourth-order valence-electron chi connectivity index (χ4n) is 3.45. The number of rotatable bonds is 6. The van der Waals surface area contributed by atoms with Crippen LogP contribution in [0, 0.1) is 5.92 Å². The molecular weight excluding hydrogens is 300 g/mol. The Balaban J connectivity index is 1.44. The van der Waals surface area contributed by atoms with E-state index in [9.17, 15) is 9.59 Å². The van der Waals surface area contributed by atoms with E-state index in [1.165, 1.54) is 5.56 Å². The Morgan fingerprint density at radius 1 is 1.08 bits per heavy atom. The first-order valence-electron chi connectivity index (χ1n) is 8.68. The summed E-state index contributed by atoms with van der Waals surface area (Å²) in [6, 6.07) is 14.2. The number of hydrogen-bond acceptors (Lipinski definition) is 2. The molecule has 2 aromatic rings. The van der Waals surface area contributed by atoms with Gasteiger partial charge in [-0.3, -0.25) is 9.59 Å². The molecule has 4 heteroatoms. The van der Waals surface area contributed by atoms with Crippen LogP contribution in [0.1, 0.15) is 35.3 Å². The summed E-state index contributed by atoms with van der Waals surface area (Å²) < 4.78 is 1.84. The van der Waals surface area contributed by atoms with E-state index in [1.54, 1.807) is 6.07 Å². The summed E-state index contributed by atoms with van der Waals surface area (Å²) in [5.41, 5.74) is 2.01. The highest BCUT2D eigenvalue weighted by atomic mass is 16.2. The fraction of sp³-hybridized carbons (Fsp3) is 0.400. The average molecular weight is 324 g/mol. The molecular formula is C20H24N2O2. The van der Waals surface area contributed by atoms with Gasteiger partial charge in [-0.2, -0.15) is 0 Å². The van der Waals surface area contributed by atoms with Crippen LogP contribution in [0.5, 0.6) is 0 Å². The molecule has 126 valence electrons. The first-order chi connectivity index (χ1) is 11.8. The molecule has 4 nitrogen and oxygen atoms in total. The van der Waals surface area contributed by atoms with Gasteiger partial charge in [0.25, 0.3) is 0 Å². The molecule has 0 unspecified atom stereocenters. The molecule has 1 amide bonds. The van der Waals surface area contributed by atoms with E-state index >= 15 is 0 Å². The van der Waals surface area contributed by atoms with Gasteiger partial charge >= 0.3 is 0 Å². The van der Waals surface area contributed by atoms with Gasteiger partial charge in [0.1, 0.15) is 0 Å². The van der Waals surface area contributed by atoms with Gasteiger partial charge in [0, 0.05) is 32.3 Å². The number of amides is 1. The van der Waals surface area contributed by atoms with Crippen molar-refractivity contribution < 1.29 is 9.59 Å². The van der Waals surface area contributed by atoms with Gasteiger partial charge in [-0.1, -0.05) is 30.3 Å². The second kappa shape index (κ2) is 7.95. The van der Waals surface area contributed by atoms with E-state index < -0.39 is 0 Å². The maximum absolute atomic E-state index is 12.4. The molecule has 3 rings (SSSR count). The molecule has 1 aliphatic heterocycles. The number of piperidine rings is 1. The maximum atomic E-state index is 12.4. The number of carbonyl (C=O) groups is 2. The highest BCUT2D eigenvalue weighted by molar-refractivity contribution is 5.76. The molecule has 0 atom stereocenters. The predicted octanol–water partition coefficient (Wildman–Crippen LogP) is 3.17. The van der Waals surface area contributed by atoms with E-state index in [0.717, 1.165) is 38.6 Å². The van der Waals surface area contributed by atoms with Gasteiger partial charge in [0.15, 0.2) is 6.29 Å². The second-order valence-electron chi connectivity index (χ2n) is 6.51.